The van der Waals surface area contributed by atoms with E-state index >= 15 is 0 Å². The standard InChI is InChI=1S/C21H33N3O3/c1-25-21(7-11-26-12-8-21)15-23-20(22-9-6-18-3-2-10-27-18)24-19-14-16-4-5-17(19)13-16/h2-3,10,16-17,19H,4-9,11-15H2,1H3,(H2,22,23,24). The van der Waals surface area contributed by atoms with Gasteiger partial charge in [-0.15, -0.1) is 0 Å². The van der Waals surface area contributed by atoms with Crippen molar-refractivity contribution in [1.82, 2.24) is 10.6 Å². The molecule has 6 heteroatoms. The van der Waals surface area contributed by atoms with E-state index in [1.165, 1.54) is 25.7 Å². The first kappa shape index (κ1) is 18.8. The second kappa shape index (κ2) is 8.65. The average Bonchev–Trinajstić information content (AvgIpc) is 3.45. The van der Waals surface area contributed by atoms with Crippen LogP contribution in [0.4, 0.5) is 0 Å². The fourth-order valence-electron chi connectivity index (χ4n) is 4.90. The summed E-state index contributed by atoms with van der Waals surface area (Å²) in [4.78, 5) is 4.94. The van der Waals surface area contributed by atoms with Gasteiger partial charge in [-0.1, -0.05) is 6.42 Å². The van der Waals surface area contributed by atoms with Crippen LogP contribution in [0.15, 0.2) is 27.8 Å². The fourth-order valence-corrected chi connectivity index (χ4v) is 4.90. The SMILES string of the molecule is COC1(CN=C(NCCc2ccco2)NC2CC3CCC2C3)CCOCC1. The van der Waals surface area contributed by atoms with Crippen molar-refractivity contribution >= 4 is 5.96 Å². The van der Waals surface area contributed by atoms with Gasteiger partial charge in [0.05, 0.1) is 18.4 Å². The molecule has 3 atom stereocenters. The largest absolute Gasteiger partial charge is 0.469 e. The van der Waals surface area contributed by atoms with Gasteiger partial charge in [0.2, 0.25) is 0 Å². The van der Waals surface area contributed by atoms with E-state index in [0.29, 0.717) is 12.6 Å². The van der Waals surface area contributed by atoms with Crippen LogP contribution in [0, 0.1) is 11.8 Å². The minimum atomic E-state index is -0.192. The fraction of sp³-hybridized carbons (Fsp3) is 0.762. The van der Waals surface area contributed by atoms with E-state index in [9.17, 15) is 0 Å². The first-order chi connectivity index (χ1) is 13.3. The molecular weight excluding hydrogens is 342 g/mol. The monoisotopic (exact) mass is 375 g/mol. The van der Waals surface area contributed by atoms with E-state index in [1.807, 2.05) is 12.1 Å². The summed E-state index contributed by atoms with van der Waals surface area (Å²) in [7, 11) is 1.80. The summed E-state index contributed by atoms with van der Waals surface area (Å²) >= 11 is 0. The lowest BCUT2D eigenvalue weighted by Gasteiger charge is -2.35. The highest BCUT2D eigenvalue weighted by atomic mass is 16.5. The van der Waals surface area contributed by atoms with Crippen molar-refractivity contribution in [2.24, 2.45) is 16.8 Å². The Hall–Kier alpha value is -1.53. The number of aliphatic imine (C=N–C) groups is 1. The van der Waals surface area contributed by atoms with Gasteiger partial charge in [-0.2, -0.15) is 0 Å². The van der Waals surface area contributed by atoms with E-state index in [1.54, 1.807) is 13.4 Å². The zero-order valence-corrected chi connectivity index (χ0v) is 16.4. The lowest BCUT2D eigenvalue weighted by Crippen LogP contribution is -2.48. The molecule has 0 amide bonds. The Morgan fingerprint density at radius 3 is 2.85 bits per heavy atom. The highest BCUT2D eigenvalue weighted by Gasteiger charge is 2.40. The van der Waals surface area contributed by atoms with Crippen molar-refractivity contribution in [2.45, 2.75) is 56.6 Å². The maximum Gasteiger partial charge on any atom is 0.191 e. The number of ether oxygens (including phenoxy) is 2. The molecule has 1 aromatic heterocycles. The van der Waals surface area contributed by atoms with Gasteiger partial charge < -0.3 is 24.5 Å². The maximum absolute atomic E-state index is 5.85. The van der Waals surface area contributed by atoms with Crippen LogP contribution >= 0.6 is 0 Å². The van der Waals surface area contributed by atoms with E-state index in [-0.39, 0.29) is 5.60 Å². The summed E-state index contributed by atoms with van der Waals surface area (Å²) in [6, 6.07) is 4.52. The van der Waals surface area contributed by atoms with E-state index in [2.05, 4.69) is 10.6 Å². The van der Waals surface area contributed by atoms with Crippen LogP contribution in [0.3, 0.4) is 0 Å². The summed E-state index contributed by atoms with van der Waals surface area (Å²) in [5, 5.41) is 7.25. The van der Waals surface area contributed by atoms with Gasteiger partial charge in [-0.05, 0) is 43.2 Å². The third-order valence-electron chi connectivity index (χ3n) is 6.67. The van der Waals surface area contributed by atoms with Crippen LogP contribution < -0.4 is 10.6 Å². The van der Waals surface area contributed by atoms with Crippen molar-refractivity contribution < 1.29 is 13.9 Å². The second-order valence-electron chi connectivity index (χ2n) is 8.35. The molecule has 6 nitrogen and oxygen atoms in total. The van der Waals surface area contributed by atoms with E-state index < -0.39 is 0 Å². The molecule has 3 aliphatic rings. The van der Waals surface area contributed by atoms with Gasteiger partial charge in [0, 0.05) is 52.2 Å². The van der Waals surface area contributed by atoms with E-state index in [0.717, 1.165) is 62.6 Å². The van der Waals surface area contributed by atoms with Crippen LogP contribution in [0.1, 0.15) is 44.3 Å². The summed E-state index contributed by atoms with van der Waals surface area (Å²) in [6.45, 7) is 2.99. The Labute approximate surface area is 162 Å². The molecule has 27 heavy (non-hydrogen) atoms. The quantitative estimate of drug-likeness (QED) is 0.567. The Morgan fingerprint density at radius 1 is 1.30 bits per heavy atom. The third-order valence-corrected chi connectivity index (χ3v) is 6.67. The van der Waals surface area contributed by atoms with Crippen molar-refractivity contribution in [3.63, 3.8) is 0 Å². The summed E-state index contributed by atoms with van der Waals surface area (Å²) in [5.41, 5.74) is -0.192. The number of nitrogens with one attached hydrogen (secondary N) is 2. The predicted molar refractivity (Wildman–Crippen MR) is 105 cm³/mol. The molecule has 0 aromatic carbocycles. The van der Waals surface area contributed by atoms with Gasteiger partial charge in [-0.3, -0.25) is 4.99 Å². The van der Waals surface area contributed by atoms with Crippen LogP contribution in [0.2, 0.25) is 0 Å². The number of fused-ring (bicyclic) bond motifs is 2. The van der Waals surface area contributed by atoms with Gasteiger partial charge in [0.15, 0.2) is 5.96 Å². The number of hydrogen-bond donors (Lipinski definition) is 2. The molecule has 2 heterocycles. The van der Waals surface area contributed by atoms with Crippen molar-refractivity contribution in [3.8, 4) is 0 Å². The summed E-state index contributed by atoms with van der Waals surface area (Å²) < 4.78 is 16.8. The minimum Gasteiger partial charge on any atom is -0.469 e. The van der Waals surface area contributed by atoms with Crippen LogP contribution in [0.5, 0.6) is 0 Å². The smallest absolute Gasteiger partial charge is 0.191 e. The summed E-state index contributed by atoms with van der Waals surface area (Å²) in [5.74, 6) is 3.64. The second-order valence-corrected chi connectivity index (χ2v) is 8.35. The number of furan rings is 1. The lowest BCUT2D eigenvalue weighted by atomic mass is 9.94. The first-order valence-corrected chi connectivity index (χ1v) is 10.5. The number of methoxy groups -OCH3 is 1. The molecule has 2 aliphatic carbocycles. The molecular formula is C21H33N3O3. The maximum atomic E-state index is 5.85. The van der Waals surface area contributed by atoms with Crippen LogP contribution in [-0.4, -0.2) is 51.0 Å². The molecule has 4 rings (SSSR count). The lowest BCUT2D eigenvalue weighted by molar-refractivity contribution is -0.0828. The van der Waals surface area contributed by atoms with Gasteiger partial charge >= 0.3 is 0 Å². The molecule has 2 saturated carbocycles. The highest BCUT2D eigenvalue weighted by Crippen LogP contribution is 2.44. The van der Waals surface area contributed by atoms with E-state index in [4.69, 9.17) is 18.9 Å². The summed E-state index contributed by atoms with van der Waals surface area (Å²) in [6.07, 6.45) is 9.83. The topological polar surface area (TPSA) is 68.0 Å². The number of guanidine groups is 1. The normalized spacial score (nSPS) is 29.8. The molecule has 1 saturated heterocycles. The Bertz CT molecular complexity index is 610. The zero-order chi connectivity index (χ0) is 18.5. The average molecular weight is 376 g/mol. The Morgan fingerprint density at radius 2 is 2.19 bits per heavy atom. The zero-order valence-electron chi connectivity index (χ0n) is 16.4. The molecule has 3 fully saturated rings. The number of rotatable bonds is 7. The molecule has 3 unspecified atom stereocenters. The number of hydrogen-bond acceptors (Lipinski definition) is 4. The van der Waals surface area contributed by atoms with Crippen LogP contribution in [-0.2, 0) is 15.9 Å². The third kappa shape index (κ3) is 4.66. The highest BCUT2D eigenvalue weighted by molar-refractivity contribution is 5.80. The molecule has 1 aromatic rings. The molecule has 0 spiro atoms. The molecule has 0 radical (unpaired) electrons. The van der Waals surface area contributed by atoms with Crippen molar-refractivity contribution in [3.05, 3.63) is 24.2 Å². The molecule has 150 valence electrons. The Kier molecular flexibility index (Phi) is 6.03. The van der Waals surface area contributed by atoms with Gasteiger partial charge in [0.1, 0.15) is 5.76 Å². The minimum absolute atomic E-state index is 0.192. The predicted octanol–water partition coefficient (Wildman–Crippen LogP) is 2.74. The molecule has 1 aliphatic heterocycles. The van der Waals surface area contributed by atoms with Crippen LogP contribution in [0.25, 0.3) is 0 Å². The van der Waals surface area contributed by atoms with Crippen molar-refractivity contribution in [2.75, 3.05) is 33.4 Å². The Balaban J connectivity index is 1.38. The number of nitrogens with zero attached hydrogens (tertiary/aromatic N) is 1. The van der Waals surface area contributed by atoms with Gasteiger partial charge in [-0.25, -0.2) is 0 Å². The van der Waals surface area contributed by atoms with Crippen molar-refractivity contribution in [1.29, 1.82) is 0 Å². The molecule has 2 N–H and O–H groups in total. The van der Waals surface area contributed by atoms with Gasteiger partial charge in [0.25, 0.3) is 0 Å². The first-order valence-electron chi connectivity index (χ1n) is 10.5. The molecule has 2 bridgehead atoms.